The molecule has 1 aromatic heterocycles. The van der Waals surface area contributed by atoms with Gasteiger partial charge in [-0.1, -0.05) is 71.6 Å². The molecule has 4 aliphatic rings. The molecule has 13 nitrogen and oxygen atoms in total. The highest BCUT2D eigenvalue weighted by Crippen LogP contribution is 2.65. The normalized spacial score (nSPS) is 25.4. The van der Waals surface area contributed by atoms with E-state index in [1.807, 2.05) is 13.8 Å². The smallest absolute Gasteiger partial charge is 0.315 e. The monoisotopic (exact) mass is 758 g/mol. The van der Waals surface area contributed by atoms with Crippen LogP contribution in [0.15, 0.2) is 41.1 Å². The summed E-state index contributed by atoms with van der Waals surface area (Å²) >= 11 is 1.37. The molecule has 2 aliphatic carbocycles. The molecule has 2 saturated carbocycles. The van der Waals surface area contributed by atoms with Crippen LogP contribution >= 0.6 is 11.3 Å². The predicted molar refractivity (Wildman–Crippen MR) is 198 cm³/mol. The van der Waals surface area contributed by atoms with Gasteiger partial charge in [-0.25, -0.2) is 13.2 Å². The number of urea groups is 1. The molecule has 0 radical (unpaired) electrons. The van der Waals surface area contributed by atoms with Gasteiger partial charge in [-0.05, 0) is 60.3 Å². The molecule has 286 valence electrons. The summed E-state index contributed by atoms with van der Waals surface area (Å²) < 4.78 is 27.7. The Labute approximate surface area is 311 Å². The first-order valence-corrected chi connectivity index (χ1v) is 20.6. The van der Waals surface area contributed by atoms with Gasteiger partial charge < -0.3 is 26.2 Å². The number of hydrogen-bond donors (Lipinski definition) is 4. The maximum absolute atomic E-state index is 14.8. The van der Waals surface area contributed by atoms with E-state index in [0.29, 0.717) is 31.4 Å². The average Bonchev–Trinajstić information content (AvgIpc) is 3.55. The molecule has 2 aliphatic heterocycles. The number of likely N-dealkylation sites (tertiary alicyclic amines) is 1. The van der Waals surface area contributed by atoms with Crippen molar-refractivity contribution in [2.45, 2.75) is 115 Å². The summed E-state index contributed by atoms with van der Waals surface area (Å²) in [6, 6.07) is -2.69. The van der Waals surface area contributed by atoms with Crippen LogP contribution in [0.5, 0.6) is 0 Å². The van der Waals surface area contributed by atoms with E-state index in [4.69, 9.17) is 0 Å². The number of sulfonamides is 1. The van der Waals surface area contributed by atoms with Crippen LogP contribution in [-0.2, 0) is 35.7 Å². The van der Waals surface area contributed by atoms with Crippen LogP contribution in [0.3, 0.4) is 0 Å². The van der Waals surface area contributed by atoms with Gasteiger partial charge in [0.05, 0.1) is 17.0 Å². The number of nitrogens with zero attached hydrogens (tertiary/aromatic N) is 2. The van der Waals surface area contributed by atoms with Gasteiger partial charge in [0.15, 0.2) is 0 Å². The molecular formula is C37H54N6O7S2. The Morgan fingerprint density at radius 2 is 1.75 bits per heavy atom. The lowest BCUT2D eigenvalue weighted by molar-refractivity contribution is -0.146. The number of rotatable bonds is 15. The molecule has 0 aromatic carbocycles. The van der Waals surface area contributed by atoms with Crippen LogP contribution in [0.25, 0.3) is 0 Å². The highest BCUT2D eigenvalue weighted by molar-refractivity contribution is 7.89. The third-order valence-corrected chi connectivity index (χ3v) is 14.7. The van der Waals surface area contributed by atoms with Crippen molar-refractivity contribution in [3.8, 4) is 0 Å². The van der Waals surface area contributed by atoms with Gasteiger partial charge in [-0.15, -0.1) is 17.9 Å². The summed E-state index contributed by atoms with van der Waals surface area (Å²) in [6.45, 7) is 17.9. The van der Waals surface area contributed by atoms with E-state index >= 15 is 0 Å². The van der Waals surface area contributed by atoms with Crippen molar-refractivity contribution in [2.24, 2.45) is 22.7 Å². The molecule has 0 bridgehead atoms. The third kappa shape index (κ3) is 7.72. The molecule has 6 atom stereocenters. The van der Waals surface area contributed by atoms with Crippen molar-refractivity contribution >= 4 is 50.9 Å². The number of ketones is 1. The number of Topliss-reactive ketones (excluding diaryl/α,β-unsaturated/α-hetero) is 1. The van der Waals surface area contributed by atoms with Gasteiger partial charge in [0.2, 0.25) is 27.6 Å². The molecule has 1 aromatic rings. The molecule has 4 N–H and O–H groups in total. The van der Waals surface area contributed by atoms with Crippen LogP contribution in [0.1, 0.15) is 84.4 Å². The maximum atomic E-state index is 14.8. The molecule has 15 heteroatoms. The van der Waals surface area contributed by atoms with Crippen LogP contribution in [0, 0.1) is 22.7 Å². The highest BCUT2D eigenvalue weighted by Gasteiger charge is 2.70. The van der Waals surface area contributed by atoms with Gasteiger partial charge in [0.1, 0.15) is 12.1 Å². The van der Waals surface area contributed by atoms with Gasteiger partial charge in [-0.3, -0.25) is 19.2 Å². The summed E-state index contributed by atoms with van der Waals surface area (Å²) in [7, 11) is -3.71. The molecule has 5 amide bonds. The molecule has 5 rings (SSSR count). The Bertz CT molecular complexity index is 1720. The number of thiophene rings is 1. The maximum Gasteiger partial charge on any atom is 0.315 e. The summed E-state index contributed by atoms with van der Waals surface area (Å²) in [5.41, 5.74) is -0.265. The van der Waals surface area contributed by atoms with Crippen LogP contribution < -0.4 is 21.3 Å². The van der Waals surface area contributed by atoms with E-state index in [-0.39, 0.29) is 54.1 Å². The van der Waals surface area contributed by atoms with Gasteiger partial charge >= 0.3 is 6.03 Å². The van der Waals surface area contributed by atoms with Crippen LogP contribution in [-0.4, -0.2) is 91.0 Å². The number of hydrogen-bond acceptors (Lipinski definition) is 8. The molecule has 3 heterocycles. The summed E-state index contributed by atoms with van der Waals surface area (Å²) in [5.74, 6) is -2.53. The Morgan fingerprint density at radius 1 is 1.06 bits per heavy atom. The summed E-state index contributed by atoms with van der Waals surface area (Å²) in [4.78, 5) is 71.0. The minimum atomic E-state index is -3.71. The fourth-order valence-corrected chi connectivity index (χ4v) is 11.4. The zero-order chi connectivity index (χ0) is 38.2. The number of fused-ring (bicyclic) bond motifs is 2. The second kappa shape index (κ2) is 15.4. The zero-order valence-electron chi connectivity index (χ0n) is 31.0. The van der Waals surface area contributed by atoms with Crippen molar-refractivity contribution < 1.29 is 32.4 Å². The number of amides is 5. The minimum Gasteiger partial charge on any atom is -0.346 e. The topological polar surface area (TPSA) is 174 Å². The Hall–Kier alpha value is -3.56. The Balaban J connectivity index is 1.36. The van der Waals surface area contributed by atoms with E-state index in [1.54, 1.807) is 23.3 Å². The van der Waals surface area contributed by atoms with E-state index in [2.05, 4.69) is 48.3 Å². The third-order valence-electron chi connectivity index (χ3n) is 11.7. The van der Waals surface area contributed by atoms with Gasteiger partial charge in [-0.2, -0.15) is 4.31 Å². The second-order valence-electron chi connectivity index (χ2n) is 15.8. The highest BCUT2D eigenvalue weighted by atomic mass is 32.2. The van der Waals surface area contributed by atoms with Crippen molar-refractivity contribution in [1.82, 2.24) is 30.5 Å². The van der Waals surface area contributed by atoms with Gasteiger partial charge in [0.25, 0.3) is 5.91 Å². The first-order valence-electron chi connectivity index (χ1n) is 18.3. The lowest BCUT2D eigenvalue weighted by Gasteiger charge is -2.43. The number of piperidine rings is 1. The first kappa shape index (κ1) is 39.6. The van der Waals surface area contributed by atoms with Crippen molar-refractivity contribution in [3.63, 3.8) is 0 Å². The fraction of sp³-hybridized carbons (Fsp3) is 0.649. The zero-order valence-corrected chi connectivity index (χ0v) is 32.6. The number of carbonyl (C=O) groups excluding carboxylic acids is 5. The van der Waals surface area contributed by atoms with Crippen LogP contribution in [0.4, 0.5) is 4.79 Å². The Kier molecular flexibility index (Phi) is 11.8. The quantitative estimate of drug-likeness (QED) is 0.157. The average molecular weight is 759 g/mol. The van der Waals surface area contributed by atoms with E-state index in [0.717, 1.165) is 24.1 Å². The lowest BCUT2D eigenvalue weighted by Crippen LogP contribution is -2.63. The van der Waals surface area contributed by atoms with Crippen molar-refractivity contribution in [1.29, 1.82) is 0 Å². The molecular weight excluding hydrogens is 705 g/mol. The Morgan fingerprint density at radius 3 is 2.37 bits per heavy atom. The van der Waals surface area contributed by atoms with E-state index < -0.39 is 63.2 Å². The SMILES string of the molecule is C=CCNC(=O)C(=O)C(CCC)NC(=O)[C@@H]1[C@@H]2[C@H](CN1C(=O)[C@@H](NC(=O)N[C@H](CN1Cc3sccc3S1(=O)=O)C(=C)C)C1(C)CCCCC1)C2(C)C. The molecule has 1 unspecified atom stereocenters. The largest absolute Gasteiger partial charge is 0.346 e. The standard InChI is InChI=1S/C37H54N6O7S2/c1-8-13-24(30(44)33(46)38-17-9-2)39-32(45)29-28-23(36(28,5)6)19-43(29)34(47)31(37(7)15-11-10-12-16-37)41-35(48)40-25(22(3)4)20-42-21-26-27(14-18-51-26)52(42,49)50/h9,14,18,23-25,28-29,31H,2-3,8,10-13,15-17,19-21H2,1,4-7H3,(H,38,46)(H,39,45)(H2,40,41,48)/t23-,24?,25+,28-,29-,31+/m0/s1. The fourth-order valence-electron chi connectivity index (χ4n) is 8.47. The van der Waals surface area contributed by atoms with Crippen molar-refractivity contribution in [3.05, 3.63) is 41.1 Å². The lowest BCUT2D eigenvalue weighted by atomic mass is 9.70. The minimum absolute atomic E-state index is 0.0154. The van der Waals surface area contributed by atoms with E-state index in [1.165, 1.54) is 21.7 Å². The van der Waals surface area contributed by atoms with Gasteiger partial charge in [0, 0.05) is 31.1 Å². The molecule has 3 fully saturated rings. The predicted octanol–water partition coefficient (Wildman–Crippen LogP) is 3.47. The number of nitrogens with one attached hydrogen (secondary N) is 4. The van der Waals surface area contributed by atoms with Crippen LogP contribution in [0.2, 0.25) is 0 Å². The molecule has 52 heavy (non-hydrogen) atoms. The van der Waals surface area contributed by atoms with Crippen molar-refractivity contribution in [2.75, 3.05) is 19.6 Å². The molecule has 0 spiro atoms. The molecule has 1 saturated heterocycles. The van der Waals surface area contributed by atoms with E-state index in [9.17, 15) is 32.4 Å². The first-order chi connectivity index (χ1) is 24.5. The second-order valence-corrected chi connectivity index (χ2v) is 18.7. The number of carbonyl (C=O) groups is 5. The summed E-state index contributed by atoms with van der Waals surface area (Å²) in [5, 5.41) is 12.9. The summed E-state index contributed by atoms with van der Waals surface area (Å²) in [6.07, 6.45) is 6.41.